The van der Waals surface area contributed by atoms with Gasteiger partial charge in [0.25, 0.3) is 5.91 Å². The largest absolute Gasteiger partial charge is 0.340 e. The van der Waals surface area contributed by atoms with Gasteiger partial charge in [0.2, 0.25) is 5.95 Å². The first-order valence-electron chi connectivity index (χ1n) is 8.74. The molecule has 10 heteroatoms. The summed E-state index contributed by atoms with van der Waals surface area (Å²) in [4.78, 5) is 23.6. The van der Waals surface area contributed by atoms with Crippen LogP contribution >= 0.6 is 23.1 Å². The predicted molar refractivity (Wildman–Crippen MR) is 108 cm³/mol. The number of hydrogen-bond donors (Lipinski definition) is 3. The highest BCUT2D eigenvalue weighted by Crippen LogP contribution is 2.38. The minimum absolute atomic E-state index is 0.151. The molecule has 1 fully saturated rings. The van der Waals surface area contributed by atoms with Gasteiger partial charge in [0.1, 0.15) is 0 Å². The molecule has 0 bridgehead atoms. The normalized spacial score (nSPS) is 21.7. The van der Waals surface area contributed by atoms with E-state index in [0.717, 1.165) is 36.5 Å². The van der Waals surface area contributed by atoms with Crippen LogP contribution < -0.4 is 20.9 Å². The number of aromatic nitrogens is 3. The first-order valence-corrected chi connectivity index (χ1v) is 10.4. The molecule has 4 rings (SSSR count). The summed E-state index contributed by atoms with van der Waals surface area (Å²) in [5, 5.41) is 11.7. The van der Waals surface area contributed by atoms with Crippen molar-refractivity contribution in [2.75, 3.05) is 36.4 Å². The van der Waals surface area contributed by atoms with Gasteiger partial charge in [-0.25, -0.2) is 4.98 Å². The van der Waals surface area contributed by atoms with Crippen molar-refractivity contribution < 1.29 is 4.79 Å². The van der Waals surface area contributed by atoms with Crippen LogP contribution in [0.15, 0.2) is 15.9 Å². The second kappa shape index (κ2) is 7.42. The van der Waals surface area contributed by atoms with Crippen LogP contribution in [-0.4, -0.2) is 51.6 Å². The summed E-state index contributed by atoms with van der Waals surface area (Å²) < 4.78 is 2.79. The Morgan fingerprint density at radius 2 is 2.19 bits per heavy atom. The molecule has 0 aliphatic carbocycles. The van der Waals surface area contributed by atoms with E-state index in [1.165, 1.54) is 11.8 Å². The van der Waals surface area contributed by atoms with Crippen LogP contribution in [-0.2, 0) is 6.54 Å². The van der Waals surface area contributed by atoms with E-state index in [0.29, 0.717) is 18.1 Å². The summed E-state index contributed by atoms with van der Waals surface area (Å²) in [6.45, 7) is 7.65. The number of amides is 1. The first kappa shape index (κ1) is 18.2. The zero-order valence-electron chi connectivity index (χ0n) is 15.2. The van der Waals surface area contributed by atoms with Crippen molar-refractivity contribution in [1.82, 2.24) is 25.2 Å². The van der Waals surface area contributed by atoms with Crippen LogP contribution in [0.4, 0.5) is 11.8 Å². The molecule has 2 aliphatic heterocycles. The Bertz CT molecular complexity index is 893. The van der Waals surface area contributed by atoms with E-state index < -0.39 is 4.99 Å². The summed E-state index contributed by atoms with van der Waals surface area (Å²) in [6, 6.07) is 0. The number of thiazole rings is 1. The van der Waals surface area contributed by atoms with Gasteiger partial charge in [-0.05, 0) is 25.6 Å². The fourth-order valence-electron chi connectivity index (χ4n) is 3.19. The third-order valence-electron chi connectivity index (χ3n) is 4.39. The van der Waals surface area contributed by atoms with Crippen LogP contribution in [0.1, 0.15) is 24.3 Å². The number of rotatable bonds is 4. The van der Waals surface area contributed by atoms with Crippen molar-refractivity contribution in [1.29, 1.82) is 0 Å². The number of anilines is 2. The number of fused-ring (bicyclic) bond motifs is 1. The van der Waals surface area contributed by atoms with E-state index in [-0.39, 0.29) is 5.91 Å². The third-order valence-corrected chi connectivity index (χ3v) is 6.38. The minimum atomic E-state index is -0.710. The zero-order chi connectivity index (χ0) is 18.9. The maximum absolute atomic E-state index is 13.0. The van der Waals surface area contributed by atoms with Crippen molar-refractivity contribution in [3.8, 4) is 11.8 Å². The Kier molecular flexibility index (Phi) is 4.99. The molecule has 1 atom stereocenters. The van der Waals surface area contributed by atoms with E-state index in [1.54, 1.807) is 24.5 Å². The van der Waals surface area contributed by atoms with Gasteiger partial charge >= 0.3 is 0 Å². The van der Waals surface area contributed by atoms with Crippen LogP contribution in [0, 0.1) is 11.8 Å². The van der Waals surface area contributed by atoms with Crippen molar-refractivity contribution in [2.45, 2.75) is 29.7 Å². The van der Waals surface area contributed by atoms with E-state index in [2.05, 4.69) is 37.7 Å². The van der Waals surface area contributed by atoms with Gasteiger partial charge in [-0.1, -0.05) is 5.92 Å². The molecule has 0 aromatic carbocycles. The smallest absolute Gasteiger partial charge is 0.274 e. The third kappa shape index (κ3) is 3.63. The van der Waals surface area contributed by atoms with Crippen molar-refractivity contribution in [3.05, 3.63) is 17.3 Å². The van der Waals surface area contributed by atoms with E-state index >= 15 is 0 Å². The average Bonchev–Trinajstić information content (AvgIpc) is 3.27. The van der Waals surface area contributed by atoms with Crippen LogP contribution in [0.2, 0.25) is 0 Å². The quantitative estimate of drug-likeness (QED) is 0.665. The van der Waals surface area contributed by atoms with Gasteiger partial charge in [-0.15, -0.1) is 17.3 Å². The maximum Gasteiger partial charge on any atom is 0.274 e. The van der Waals surface area contributed by atoms with Crippen LogP contribution in [0.3, 0.4) is 0 Å². The van der Waals surface area contributed by atoms with Crippen LogP contribution in [0.5, 0.6) is 0 Å². The lowest BCUT2D eigenvalue weighted by Gasteiger charge is -2.34. The van der Waals surface area contributed by atoms with E-state index in [4.69, 9.17) is 4.98 Å². The molecule has 1 unspecified atom stereocenters. The number of thioether (sulfide) groups is 1. The molecule has 2 aromatic rings. The summed E-state index contributed by atoms with van der Waals surface area (Å²) in [6.07, 6.45) is 1.76. The number of nitrogens with zero attached hydrogens (tertiary/aromatic N) is 4. The minimum Gasteiger partial charge on any atom is -0.340 e. The molecule has 2 aromatic heterocycles. The molecule has 0 spiro atoms. The average molecular weight is 404 g/mol. The van der Waals surface area contributed by atoms with Gasteiger partial charge in [-0.2, -0.15) is 4.98 Å². The molecule has 1 saturated heterocycles. The molecular weight excluding hydrogens is 382 g/mol. The van der Waals surface area contributed by atoms with Gasteiger partial charge in [0.05, 0.1) is 6.54 Å². The lowest BCUT2D eigenvalue weighted by Crippen LogP contribution is -2.53. The molecule has 0 saturated carbocycles. The fourth-order valence-corrected chi connectivity index (χ4v) is 5.17. The topological polar surface area (TPSA) is 87.1 Å². The second-order valence-corrected chi connectivity index (χ2v) is 8.93. The van der Waals surface area contributed by atoms with Crippen molar-refractivity contribution in [2.24, 2.45) is 0 Å². The summed E-state index contributed by atoms with van der Waals surface area (Å²) >= 11 is 3.01. The lowest BCUT2D eigenvalue weighted by molar-refractivity contribution is 0.0923. The summed E-state index contributed by atoms with van der Waals surface area (Å²) in [5.74, 6) is 7.21. The number of imidazole rings is 1. The molecule has 0 radical (unpaired) electrons. The summed E-state index contributed by atoms with van der Waals surface area (Å²) in [7, 11) is 0. The molecule has 2 aliphatic rings. The standard InChI is InChI=1S/C17H21N7OS2/c1-3-4-8-24-12-13(20-15(24)23-9-5-18-6-10-23)21-17(2,22-14(12)25)27-16-19-7-11-26-16/h7,11,18,21H,5-6,8-10H2,1-2H3,(H,22,25). The van der Waals surface area contributed by atoms with Gasteiger partial charge in [0, 0.05) is 37.8 Å². The van der Waals surface area contributed by atoms with E-state index in [1.807, 2.05) is 16.9 Å². The van der Waals surface area contributed by atoms with E-state index in [9.17, 15) is 4.79 Å². The molecule has 4 heterocycles. The SMILES string of the molecule is CC#CCn1c(N2CCNCC2)nc2c1C(=O)NC(C)(Sc1nccs1)N2. The summed E-state index contributed by atoms with van der Waals surface area (Å²) in [5.41, 5.74) is 0.531. The van der Waals surface area contributed by atoms with Crippen molar-refractivity contribution >= 4 is 40.8 Å². The Hall–Kier alpha value is -2.22. The van der Waals surface area contributed by atoms with Crippen molar-refractivity contribution in [3.63, 3.8) is 0 Å². The monoisotopic (exact) mass is 403 g/mol. The fraction of sp³-hybridized carbons (Fsp3) is 0.471. The molecule has 1 amide bonds. The number of piperazine rings is 1. The second-order valence-electron chi connectivity index (χ2n) is 6.37. The molecular formula is C17H21N7OS2. The Morgan fingerprint density at radius 1 is 1.37 bits per heavy atom. The molecule has 142 valence electrons. The lowest BCUT2D eigenvalue weighted by atomic mass is 10.3. The predicted octanol–water partition coefficient (Wildman–Crippen LogP) is 1.39. The number of nitrogens with one attached hydrogen (secondary N) is 3. The number of hydrogen-bond acceptors (Lipinski definition) is 8. The van der Waals surface area contributed by atoms with Gasteiger partial charge in [0.15, 0.2) is 20.8 Å². The highest BCUT2D eigenvalue weighted by Gasteiger charge is 2.39. The highest BCUT2D eigenvalue weighted by molar-refractivity contribution is 8.02. The number of carbonyl (C=O) groups is 1. The zero-order valence-corrected chi connectivity index (χ0v) is 16.8. The van der Waals surface area contributed by atoms with Gasteiger partial charge in [-0.3, -0.25) is 9.36 Å². The Morgan fingerprint density at radius 3 is 2.89 bits per heavy atom. The van der Waals surface area contributed by atoms with Gasteiger partial charge < -0.3 is 20.9 Å². The maximum atomic E-state index is 13.0. The number of carbonyl (C=O) groups excluding carboxylic acids is 1. The Labute approximate surface area is 166 Å². The molecule has 8 nitrogen and oxygen atoms in total. The van der Waals surface area contributed by atoms with Crippen LogP contribution in [0.25, 0.3) is 0 Å². The first-order chi connectivity index (χ1) is 13.1. The molecule has 3 N–H and O–H groups in total. The molecule has 27 heavy (non-hydrogen) atoms. The highest BCUT2D eigenvalue weighted by atomic mass is 32.2. The Balaban J connectivity index is 1.70.